The summed E-state index contributed by atoms with van der Waals surface area (Å²) in [4.78, 5) is 6.76. The normalized spacial score (nSPS) is 29.9. The van der Waals surface area contributed by atoms with E-state index in [2.05, 4.69) is 52.6 Å². The van der Waals surface area contributed by atoms with Crippen LogP contribution in [0.25, 0.3) is 0 Å². The Balaban J connectivity index is 0.00000169. The first-order valence-electron chi connectivity index (χ1n) is 8.84. The van der Waals surface area contributed by atoms with Crippen molar-refractivity contribution in [3.63, 3.8) is 0 Å². The third-order valence-electron chi connectivity index (χ3n) is 6.16. The number of halogens is 1. The molecule has 132 valence electrons. The molecule has 4 rings (SSSR count). The smallest absolute Gasteiger partial charge is 0.193 e. The number of hydrogen-bond donors (Lipinski definition) is 1. The van der Waals surface area contributed by atoms with Gasteiger partial charge in [0.05, 0.1) is 6.10 Å². The number of fused-ring (bicyclic) bond motifs is 2. The van der Waals surface area contributed by atoms with E-state index in [1.807, 2.05) is 7.05 Å². The van der Waals surface area contributed by atoms with E-state index in [0.717, 1.165) is 19.1 Å². The highest BCUT2D eigenvalue weighted by atomic mass is 127. The lowest BCUT2D eigenvalue weighted by molar-refractivity contribution is -0.171. The molecular weight excluding hydrogens is 413 g/mol. The second-order valence-corrected chi connectivity index (χ2v) is 7.34. The highest BCUT2D eigenvalue weighted by Crippen LogP contribution is 2.62. The van der Waals surface area contributed by atoms with Crippen molar-refractivity contribution in [2.24, 2.45) is 16.3 Å². The molecule has 3 unspecified atom stereocenters. The molecule has 24 heavy (non-hydrogen) atoms. The maximum Gasteiger partial charge on any atom is 0.193 e. The van der Waals surface area contributed by atoms with E-state index in [1.54, 1.807) is 0 Å². The number of nitrogens with one attached hydrogen (secondary N) is 1. The predicted octanol–water partition coefficient (Wildman–Crippen LogP) is 3.27. The fourth-order valence-corrected chi connectivity index (χ4v) is 4.87. The van der Waals surface area contributed by atoms with Gasteiger partial charge in [0.15, 0.2) is 5.96 Å². The van der Waals surface area contributed by atoms with Crippen LogP contribution >= 0.6 is 24.0 Å². The van der Waals surface area contributed by atoms with Crippen molar-refractivity contribution in [1.82, 2.24) is 10.2 Å². The van der Waals surface area contributed by atoms with Gasteiger partial charge in [-0.15, -0.1) is 24.0 Å². The van der Waals surface area contributed by atoms with Gasteiger partial charge >= 0.3 is 0 Å². The molecule has 0 amide bonds. The van der Waals surface area contributed by atoms with E-state index in [1.165, 1.54) is 31.2 Å². The monoisotopic (exact) mass is 441 g/mol. The van der Waals surface area contributed by atoms with E-state index in [0.29, 0.717) is 23.5 Å². The molecule has 0 bridgehead atoms. The number of benzene rings is 1. The van der Waals surface area contributed by atoms with Crippen LogP contribution < -0.4 is 5.32 Å². The average Bonchev–Trinajstić information content (AvgIpc) is 2.92. The van der Waals surface area contributed by atoms with Crippen LogP contribution in [0.5, 0.6) is 0 Å². The van der Waals surface area contributed by atoms with E-state index in [9.17, 15) is 0 Å². The minimum atomic E-state index is 0. The van der Waals surface area contributed by atoms with Gasteiger partial charge in [0.2, 0.25) is 0 Å². The third kappa shape index (κ3) is 2.83. The Morgan fingerprint density at radius 1 is 1.33 bits per heavy atom. The zero-order chi connectivity index (χ0) is 15.9. The van der Waals surface area contributed by atoms with Crippen molar-refractivity contribution in [1.29, 1.82) is 0 Å². The summed E-state index contributed by atoms with van der Waals surface area (Å²) in [6, 6.07) is 11.1. The van der Waals surface area contributed by atoms with Crippen LogP contribution in [0, 0.1) is 11.3 Å². The molecule has 3 aliphatic rings. The second kappa shape index (κ2) is 7.20. The first-order chi connectivity index (χ1) is 11.2. The van der Waals surface area contributed by atoms with Gasteiger partial charge in [0, 0.05) is 44.6 Å². The molecule has 0 radical (unpaired) electrons. The van der Waals surface area contributed by atoms with Crippen molar-refractivity contribution in [2.75, 3.05) is 20.7 Å². The topological polar surface area (TPSA) is 36.9 Å². The molecule has 1 saturated heterocycles. The van der Waals surface area contributed by atoms with Crippen LogP contribution in [-0.4, -0.2) is 43.7 Å². The molecule has 5 heteroatoms. The van der Waals surface area contributed by atoms with E-state index in [-0.39, 0.29) is 24.0 Å². The summed E-state index contributed by atoms with van der Waals surface area (Å²) in [7, 11) is 4.01. The summed E-state index contributed by atoms with van der Waals surface area (Å²) in [6.45, 7) is 1.82. The van der Waals surface area contributed by atoms with Crippen LogP contribution in [0.1, 0.15) is 31.2 Å². The van der Waals surface area contributed by atoms with Gasteiger partial charge in [-0.1, -0.05) is 36.8 Å². The Labute approximate surface area is 162 Å². The lowest BCUT2D eigenvalue weighted by Gasteiger charge is -2.63. The minimum Gasteiger partial charge on any atom is -0.377 e. The number of ether oxygens (including phenoxy) is 1. The highest BCUT2D eigenvalue weighted by Gasteiger charge is 2.66. The molecule has 2 saturated carbocycles. The SMILES string of the molecule is CN=C(NC1C2CCOC2C12CCC2)N(C)Cc1ccccc1.I. The van der Waals surface area contributed by atoms with Crippen molar-refractivity contribution in [3.05, 3.63) is 35.9 Å². The molecule has 1 aliphatic heterocycles. The lowest BCUT2D eigenvalue weighted by atomic mass is 9.46. The maximum atomic E-state index is 6.02. The Bertz CT molecular complexity index is 588. The molecule has 4 nitrogen and oxygen atoms in total. The minimum absolute atomic E-state index is 0. The predicted molar refractivity (Wildman–Crippen MR) is 108 cm³/mol. The van der Waals surface area contributed by atoms with Crippen LogP contribution in [0.3, 0.4) is 0 Å². The zero-order valence-electron chi connectivity index (χ0n) is 14.6. The Morgan fingerprint density at radius 2 is 2.08 bits per heavy atom. The fourth-order valence-electron chi connectivity index (χ4n) is 4.87. The largest absolute Gasteiger partial charge is 0.377 e. The molecule has 0 aromatic heterocycles. The Kier molecular flexibility index (Phi) is 5.39. The van der Waals surface area contributed by atoms with Crippen molar-refractivity contribution in [3.8, 4) is 0 Å². The van der Waals surface area contributed by atoms with Crippen molar-refractivity contribution >= 4 is 29.9 Å². The van der Waals surface area contributed by atoms with Gasteiger partial charge in [-0.2, -0.15) is 0 Å². The highest BCUT2D eigenvalue weighted by molar-refractivity contribution is 14.0. The third-order valence-corrected chi connectivity index (χ3v) is 6.16. The standard InChI is InChI=1S/C19H27N3O.HI/c1-20-18(22(2)13-14-7-4-3-5-8-14)21-16-15-9-12-23-17(15)19(16)10-6-11-19;/h3-5,7-8,15-17H,6,9-13H2,1-2H3,(H,20,21);1H. The molecule has 3 fully saturated rings. The average molecular weight is 441 g/mol. The molecule has 1 aromatic rings. The lowest BCUT2D eigenvalue weighted by Crippen LogP contribution is -2.72. The molecule has 2 aliphatic carbocycles. The number of nitrogens with zero attached hydrogens (tertiary/aromatic N) is 2. The summed E-state index contributed by atoms with van der Waals surface area (Å²) in [5, 5.41) is 3.78. The summed E-state index contributed by atoms with van der Waals surface area (Å²) >= 11 is 0. The number of hydrogen-bond acceptors (Lipinski definition) is 2. The molecule has 1 N–H and O–H groups in total. The fraction of sp³-hybridized carbons (Fsp3) is 0.632. The number of guanidine groups is 1. The van der Waals surface area contributed by atoms with E-state index >= 15 is 0 Å². The van der Waals surface area contributed by atoms with Gasteiger partial charge in [0.25, 0.3) is 0 Å². The molecule has 1 aromatic carbocycles. The van der Waals surface area contributed by atoms with Crippen molar-refractivity contribution in [2.45, 2.75) is 44.4 Å². The van der Waals surface area contributed by atoms with Gasteiger partial charge in [0.1, 0.15) is 0 Å². The first kappa shape index (κ1) is 18.0. The van der Waals surface area contributed by atoms with E-state index < -0.39 is 0 Å². The summed E-state index contributed by atoms with van der Waals surface area (Å²) < 4.78 is 6.02. The van der Waals surface area contributed by atoms with Crippen LogP contribution in [0.15, 0.2) is 35.3 Å². The summed E-state index contributed by atoms with van der Waals surface area (Å²) in [6.07, 6.45) is 5.68. The van der Waals surface area contributed by atoms with Crippen LogP contribution in [0.2, 0.25) is 0 Å². The van der Waals surface area contributed by atoms with Crippen LogP contribution in [-0.2, 0) is 11.3 Å². The summed E-state index contributed by atoms with van der Waals surface area (Å²) in [5.41, 5.74) is 1.71. The zero-order valence-corrected chi connectivity index (χ0v) is 16.9. The Hall–Kier alpha value is -0.820. The molecule has 1 heterocycles. The molecule has 1 spiro atoms. The number of aliphatic imine (C=N–C) groups is 1. The van der Waals surface area contributed by atoms with Crippen molar-refractivity contribution < 1.29 is 4.74 Å². The first-order valence-corrected chi connectivity index (χ1v) is 8.84. The molecule has 3 atom stereocenters. The number of rotatable bonds is 3. The van der Waals surface area contributed by atoms with E-state index in [4.69, 9.17) is 4.74 Å². The van der Waals surface area contributed by atoms with Gasteiger partial charge in [-0.3, -0.25) is 4.99 Å². The van der Waals surface area contributed by atoms with Crippen LogP contribution in [0.4, 0.5) is 0 Å². The second-order valence-electron chi connectivity index (χ2n) is 7.34. The van der Waals surface area contributed by atoms with Gasteiger partial charge in [-0.05, 0) is 24.8 Å². The Morgan fingerprint density at radius 3 is 2.71 bits per heavy atom. The van der Waals surface area contributed by atoms with Gasteiger partial charge < -0.3 is 15.0 Å². The maximum absolute atomic E-state index is 6.02. The quantitative estimate of drug-likeness (QED) is 0.445. The molecular formula is C19H28IN3O. The summed E-state index contributed by atoms with van der Waals surface area (Å²) in [5.74, 6) is 1.69. The van der Waals surface area contributed by atoms with Gasteiger partial charge in [-0.25, -0.2) is 0 Å².